The van der Waals surface area contributed by atoms with Crippen LogP contribution in [0.4, 0.5) is 4.39 Å². The van der Waals surface area contributed by atoms with Gasteiger partial charge in [0.25, 0.3) is 0 Å². The predicted octanol–water partition coefficient (Wildman–Crippen LogP) is 7.47. The van der Waals surface area contributed by atoms with Gasteiger partial charge in [0.05, 0.1) is 5.69 Å². The molecule has 0 saturated carbocycles. The molecule has 6 heteroatoms. The molecule has 0 fully saturated rings. The van der Waals surface area contributed by atoms with E-state index in [2.05, 4.69) is 30.4 Å². The fraction of sp³-hybridized carbons (Fsp3) is 0.500. The Hall–Kier alpha value is -2.08. The van der Waals surface area contributed by atoms with Gasteiger partial charge in [-0.1, -0.05) is 66.3 Å². The number of allylic oxidation sites excluding steroid dienone is 2. The van der Waals surface area contributed by atoms with Crippen LogP contribution in [0.5, 0.6) is 0 Å². The molecule has 0 aliphatic carbocycles. The predicted molar refractivity (Wildman–Crippen MR) is 132 cm³/mol. The minimum atomic E-state index is -0.416. The summed E-state index contributed by atoms with van der Waals surface area (Å²) in [5.74, 6) is 0.261. The van der Waals surface area contributed by atoms with Crippen LogP contribution in [0.15, 0.2) is 45.5 Å². The highest BCUT2D eigenvalue weighted by Gasteiger charge is 2.13. The molecule has 2 N–H and O–H groups in total. The van der Waals surface area contributed by atoms with E-state index < -0.39 is 5.82 Å². The SMILES string of the molecule is C=C(SC(/N=C(\N)c1cc(F)c2nc(C)cn2c1)=C(C)C)C(C)CCC.CC.CC. The van der Waals surface area contributed by atoms with Gasteiger partial charge in [-0.3, -0.25) is 0 Å². The van der Waals surface area contributed by atoms with E-state index in [0.29, 0.717) is 11.5 Å². The Morgan fingerprint density at radius 1 is 1.27 bits per heavy atom. The molecule has 0 saturated heterocycles. The summed E-state index contributed by atoms with van der Waals surface area (Å²) in [6.45, 7) is 22.3. The Kier molecular flexibility index (Phi) is 13.0. The molecule has 0 aliphatic heterocycles. The van der Waals surface area contributed by atoms with Crippen LogP contribution in [0.25, 0.3) is 5.65 Å². The van der Waals surface area contributed by atoms with Gasteiger partial charge in [0.2, 0.25) is 0 Å². The molecule has 2 aromatic rings. The molecular formula is C24H39FN4S. The normalized spacial score (nSPS) is 11.7. The molecule has 168 valence electrons. The topological polar surface area (TPSA) is 55.7 Å². The number of aryl methyl sites for hydroxylation is 1. The van der Waals surface area contributed by atoms with Crippen molar-refractivity contribution in [1.82, 2.24) is 9.38 Å². The molecule has 2 aromatic heterocycles. The number of imidazole rings is 1. The van der Waals surface area contributed by atoms with E-state index in [1.165, 1.54) is 6.07 Å². The number of rotatable bonds is 7. The molecule has 0 aromatic carbocycles. The summed E-state index contributed by atoms with van der Waals surface area (Å²) in [7, 11) is 0. The largest absolute Gasteiger partial charge is 0.383 e. The maximum atomic E-state index is 14.3. The summed E-state index contributed by atoms with van der Waals surface area (Å²) in [4.78, 5) is 9.78. The van der Waals surface area contributed by atoms with Gasteiger partial charge in [0.1, 0.15) is 10.9 Å². The van der Waals surface area contributed by atoms with Crippen LogP contribution >= 0.6 is 11.8 Å². The van der Waals surface area contributed by atoms with Gasteiger partial charge in [0.15, 0.2) is 11.5 Å². The van der Waals surface area contributed by atoms with E-state index in [0.717, 1.165) is 34.0 Å². The van der Waals surface area contributed by atoms with E-state index in [1.807, 2.05) is 48.5 Å². The van der Waals surface area contributed by atoms with Crippen molar-refractivity contribution < 1.29 is 4.39 Å². The lowest BCUT2D eigenvalue weighted by atomic mass is 10.1. The van der Waals surface area contributed by atoms with Crippen LogP contribution in [0.2, 0.25) is 0 Å². The zero-order chi connectivity index (χ0) is 23.4. The number of hydrogen-bond donors (Lipinski definition) is 1. The number of halogens is 1. The Morgan fingerprint density at radius 2 is 1.87 bits per heavy atom. The first-order chi connectivity index (χ1) is 14.2. The highest BCUT2D eigenvalue weighted by molar-refractivity contribution is 8.06. The van der Waals surface area contributed by atoms with E-state index in [9.17, 15) is 4.39 Å². The molecule has 1 unspecified atom stereocenters. The van der Waals surface area contributed by atoms with Crippen molar-refractivity contribution in [2.24, 2.45) is 16.6 Å². The Balaban J connectivity index is 0.00000198. The summed E-state index contributed by atoms with van der Waals surface area (Å²) < 4.78 is 15.9. The minimum absolute atomic E-state index is 0.275. The lowest BCUT2D eigenvalue weighted by Crippen LogP contribution is -2.15. The van der Waals surface area contributed by atoms with Crippen LogP contribution in [-0.2, 0) is 0 Å². The molecule has 0 radical (unpaired) electrons. The quantitative estimate of drug-likeness (QED) is 0.363. The molecule has 2 rings (SSSR count). The number of amidine groups is 1. The molecule has 0 aliphatic rings. The van der Waals surface area contributed by atoms with E-state index in [-0.39, 0.29) is 11.5 Å². The van der Waals surface area contributed by atoms with Crippen molar-refractivity contribution in [1.29, 1.82) is 0 Å². The van der Waals surface area contributed by atoms with Crippen LogP contribution < -0.4 is 5.73 Å². The molecular weight excluding hydrogens is 395 g/mol. The van der Waals surface area contributed by atoms with Crippen molar-refractivity contribution in [3.05, 3.63) is 57.6 Å². The molecule has 4 nitrogen and oxygen atoms in total. The summed E-state index contributed by atoms with van der Waals surface area (Å²) in [5, 5.41) is 0.803. The van der Waals surface area contributed by atoms with Gasteiger partial charge in [0, 0.05) is 18.0 Å². The number of nitrogens with two attached hydrogens (primary N) is 1. The van der Waals surface area contributed by atoms with Gasteiger partial charge < -0.3 is 10.1 Å². The first kappa shape index (κ1) is 27.9. The molecule has 30 heavy (non-hydrogen) atoms. The third-order valence-electron chi connectivity index (χ3n) is 4.07. The number of hydrogen-bond acceptors (Lipinski definition) is 3. The second-order valence-corrected chi connectivity index (χ2v) is 7.87. The number of aromatic nitrogens is 2. The van der Waals surface area contributed by atoms with Crippen molar-refractivity contribution in [2.45, 2.75) is 75.2 Å². The van der Waals surface area contributed by atoms with Gasteiger partial charge in [-0.25, -0.2) is 14.4 Å². The maximum absolute atomic E-state index is 14.3. The summed E-state index contributed by atoms with van der Waals surface area (Å²) in [5.41, 5.74) is 8.79. The summed E-state index contributed by atoms with van der Waals surface area (Å²) in [6, 6.07) is 1.38. The van der Waals surface area contributed by atoms with E-state index in [4.69, 9.17) is 5.73 Å². The molecule has 0 spiro atoms. The second kappa shape index (κ2) is 14.0. The lowest BCUT2D eigenvalue weighted by Gasteiger charge is -2.14. The van der Waals surface area contributed by atoms with Gasteiger partial charge in [-0.15, -0.1) is 0 Å². The monoisotopic (exact) mass is 434 g/mol. The minimum Gasteiger partial charge on any atom is -0.383 e. The van der Waals surface area contributed by atoms with E-state index >= 15 is 0 Å². The van der Waals surface area contributed by atoms with Crippen LogP contribution in [-0.4, -0.2) is 15.2 Å². The van der Waals surface area contributed by atoms with Crippen molar-refractivity contribution in [3.8, 4) is 0 Å². The van der Waals surface area contributed by atoms with Gasteiger partial charge >= 0.3 is 0 Å². The fourth-order valence-electron chi connectivity index (χ4n) is 2.55. The first-order valence-corrected chi connectivity index (χ1v) is 11.6. The number of nitrogens with zero attached hydrogens (tertiary/aromatic N) is 3. The highest BCUT2D eigenvalue weighted by atomic mass is 32.2. The third-order valence-corrected chi connectivity index (χ3v) is 5.43. The molecule has 1 atom stereocenters. The average Bonchev–Trinajstić information content (AvgIpc) is 3.11. The standard InChI is InChI=1S/C20H27FN4S.2C2H6/c1-7-8-13(4)15(6)26-20(12(2)3)24-18(22)16-9-17(21)19-23-14(5)10-25(19)11-16;2*1-2/h9-11,13H,6-8H2,1-5H3,(H2,22,24);2*1-2H3. The maximum Gasteiger partial charge on any atom is 0.173 e. The Labute approximate surface area is 186 Å². The van der Waals surface area contributed by atoms with Crippen LogP contribution in [0.3, 0.4) is 0 Å². The lowest BCUT2D eigenvalue weighted by molar-refractivity contribution is 0.627. The smallest absolute Gasteiger partial charge is 0.173 e. The number of fused-ring (bicyclic) bond motifs is 1. The number of pyridine rings is 1. The van der Waals surface area contributed by atoms with Crippen molar-refractivity contribution in [3.63, 3.8) is 0 Å². The van der Waals surface area contributed by atoms with Crippen molar-refractivity contribution >= 4 is 23.2 Å². The van der Waals surface area contributed by atoms with Crippen LogP contribution in [0, 0.1) is 18.7 Å². The van der Waals surface area contributed by atoms with Gasteiger partial charge in [-0.05, 0) is 49.7 Å². The molecule has 0 amide bonds. The molecule has 2 heterocycles. The second-order valence-electron chi connectivity index (χ2n) is 6.75. The first-order valence-electron chi connectivity index (χ1n) is 10.8. The number of thioether (sulfide) groups is 1. The highest BCUT2D eigenvalue weighted by Crippen LogP contribution is 2.34. The Morgan fingerprint density at radius 3 is 2.40 bits per heavy atom. The zero-order valence-electron chi connectivity index (χ0n) is 20.1. The third kappa shape index (κ3) is 7.98. The zero-order valence-corrected chi connectivity index (χ0v) is 21.0. The number of aliphatic imine (C=N–C) groups is 1. The fourth-order valence-corrected chi connectivity index (χ4v) is 3.46. The summed E-state index contributed by atoms with van der Waals surface area (Å²) in [6.07, 6.45) is 5.71. The van der Waals surface area contributed by atoms with Crippen LogP contribution in [0.1, 0.15) is 79.5 Å². The average molecular weight is 435 g/mol. The van der Waals surface area contributed by atoms with Crippen molar-refractivity contribution in [2.75, 3.05) is 0 Å². The van der Waals surface area contributed by atoms with Gasteiger partial charge in [-0.2, -0.15) is 0 Å². The molecule has 0 bridgehead atoms. The summed E-state index contributed by atoms with van der Waals surface area (Å²) >= 11 is 1.54. The Bertz CT molecular complexity index is 877. The van der Waals surface area contributed by atoms with E-state index in [1.54, 1.807) is 28.6 Å².